The number of carboxylic acid groups (broad SMARTS) is 1. The summed E-state index contributed by atoms with van der Waals surface area (Å²) < 4.78 is 53.1. The van der Waals surface area contributed by atoms with Crippen LogP contribution in [0.2, 0.25) is 0 Å². The van der Waals surface area contributed by atoms with Crippen molar-refractivity contribution in [1.82, 2.24) is 82.6 Å². The predicted molar refractivity (Wildman–Crippen MR) is 508 cm³/mol. The molecule has 0 aliphatic carbocycles. The Balaban J connectivity index is 0.000000278. The van der Waals surface area contributed by atoms with E-state index in [9.17, 15) is 52.7 Å². The number of hydrogen-bond donors (Lipinski definition) is 11. The van der Waals surface area contributed by atoms with Crippen LogP contribution in [-0.2, 0) is 81.0 Å². The first-order valence-corrected chi connectivity index (χ1v) is 44.2. The number of carbonyl (C=O) groups is 12. The molecule has 4 aromatic carbocycles. The van der Waals surface area contributed by atoms with Gasteiger partial charge in [-0.2, -0.15) is 20.4 Å². The van der Waals surface area contributed by atoms with Crippen LogP contribution in [0.25, 0.3) is 44.1 Å². The normalized spacial score (nSPS) is 11.9. The molecule has 46 heteroatoms. The molecule has 2 atom stereocenters. The molecule has 734 valence electrons. The van der Waals surface area contributed by atoms with Crippen molar-refractivity contribution < 1.29 is 95.8 Å². The summed E-state index contributed by atoms with van der Waals surface area (Å²) in [6.45, 7) is 28.8. The number of amides is 9. The summed E-state index contributed by atoms with van der Waals surface area (Å²) in [5.74, 6) is -4.86. The van der Waals surface area contributed by atoms with Gasteiger partial charge in [-0.1, -0.05) is 52.0 Å². The molecular formula is C92H116N26O20. The summed E-state index contributed by atoms with van der Waals surface area (Å²) in [4.78, 5) is 170. The Bertz CT molecular complexity index is 6640. The lowest BCUT2D eigenvalue weighted by Gasteiger charge is -2.24. The zero-order valence-electron chi connectivity index (χ0n) is 79.8. The molecule has 138 heavy (non-hydrogen) atoms. The van der Waals surface area contributed by atoms with Crippen molar-refractivity contribution in [3.05, 3.63) is 165 Å². The topological polar surface area (TPSA) is 622 Å². The number of benzene rings is 4. The Morgan fingerprint density at radius 2 is 0.681 bits per heavy atom. The number of fused-ring (bicyclic) bond motifs is 4. The first-order chi connectivity index (χ1) is 65.6. The Labute approximate surface area is 791 Å². The monoisotopic (exact) mass is 1900 g/mol. The molecule has 0 bridgehead atoms. The molecule has 12 aromatic rings. The number of esters is 2. The van der Waals surface area contributed by atoms with Gasteiger partial charge in [0.05, 0.1) is 85.5 Å². The van der Waals surface area contributed by atoms with E-state index in [2.05, 4.69) is 56.9 Å². The van der Waals surface area contributed by atoms with Gasteiger partial charge in [0, 0.05) is 87.5 Å². The van der Waals surface area contributed by atoms with Crippen LogP contribution < -0.4 is 74.2 Å². The number of ether oxygens (including phenoxy) is 7. The van der Waals surface area contributed by atoms with E-state index in [1.807, 2.05) is 41.5 Å². The summed E-state index contributed by atoms with van der Waals surface area (Å²) in [7, 11) is 2.88. The third kappa shape index (κ3) is 25.2. The third-order valence-corrected chi connectivity index (χ3v) is 21.1. The lowest BCUT2D eigenvalue weighted by Crippen LogP contribution is -2.47. The van der Waals surface area contributed by atoms with Crippen molar-refractivity contribution in [3.8, 4) is 23.0 Å². The van der Waals surface area contributed by atoms with E-state index in [0.717, 1.165) is 0 Å². The van der Waals surface area contributed by atoms with Crippen molar-refractivity contribution in [1.29, 1.82) is 0 Å². The molecule has 0 saturated heterocycles. The summed E-state index contributed by atoms with van der Waals surface area (Å²) >= 11 is 0. The number of hydrogen-bond acceptors (Lipinski definition) is 28. The van der Waals surface area contributed by atoms with Crippen molar-refractivity contribution in [2.24, 2.45) is 40.5 Å². The second kappa shape index (κ2) is 46.1. The molecule has 0 aliphatic heterocycles. The van der Waals surface area contributed by atoms with E-state index in [0.29, 0.717) is 117 Å². The summed E-state index contributed by atoms with van der Waals surface area (Å²) in [6, 6.07) is 16.9. The average molecular weight is 1910 g/mol. The molecule has 12 rings (SSSR count). The van der Waals surface area contributed by atoms with E-state index in [1.165, 1.54) is 62.8 Å². The van der Waals surface area contributed by atoms with Gasteiger partial charge < -0.3 is 90.5 Å². The number of aromatic nitrogens is 16. The quantitative estimate of drug-likeness (QED) is 0.00561. The number of aryl methyl sites for hydroxylation is 8. The van der Waals surface area contributed by atoms with Gasteiger partial charge in [0.2, 0.25) is 47.4 Å². The highest BCUT2D eigenvalue weighted by Crippen LogP contribution is 2.37. The van der Waals surface area contributed by atoms with E-state index in [-0.39, 0.29) is 152 Å². The number of methoxy groups -OCH3 is 2. The number of nitrogens with one attached hydrogen (secondary N) is 5. The highest BCUT2D eigenvalue weighted by molar-refractivity contribution is 6.08. The molecule has 8 aromatic heterocycles. The fourth-order valence-corrected chi connectivity index (χ4v) is 14.6. The molecule has 9 amide bonds. The second-order valence-corrected chi connectivity index (χ2v) is 33.1. The zero-order chi connectivity index (χ0) is 101. The van der Waals surface area contributed by atoms with E-state index < -0.39 is 83.0 Å². The number of rotatable bonds is 41. The van der Waals surface area contributed by atoms with Crippen LogP contribution in [-0.4, -0.2) is 213 Å². The molecule has 16 N–H and O–H groups in total. The van der Waals surface area contributed by atoms with Crippen LogP contribution in [0.15, 0.2) is 97.1 Å². The summed E-state index contributed by atoms with van der Waals surface area (Å²) in [6.07, 6.45) is 6.93. The average Bonchev–Trinajstić information content (AvgIpc) is 1.63. The minimum atomic E-state index is -0.969. The van der Waals surface area contributed by atoms with Crippen molar-refractivity contribution in [3.63, 3.8) is 0 Å². The number of imidazole rings is 4. The summed E-state index contributed by atoms with van der Waals surface area (Å²) in [5.41, 5.74) is 35.3. The number of allylic oxidation sites excluding steroid dienone is 4. The lowest BCUT2D eigenvalue weighted by atomic mass is 10.1. The van der Waals surface area contributed by atoms with Crippen LogP contribution in [0.5, 0.6) is 23.0 Å². The minimum Gasteiger partial charge on any atom is -0.494 e. The van der Waals surface area contributed by atoms with Crippen molar-refractivity contribution in [2.75, 3.05) is 61.9 Å². The van der Waals surface area contributed by atoms with Crippen LogP contribution >= 0.6 is 0 Å². The van der Waals surface area contributed by atoms with Gasteiger partial charge in [-0.3, -0.25) is 87.9 Å². The molecule has 8 heterocycles. The maximum absolute atomic E-state index is 13.9. The van der Waals surface area contributed by atoms with Gasteiger partial charge in [-0.15, -0.1) is 0 Å². The number of nitrogens with two attached hydrogens (primary N) is 5. The standard InChI is InChI=1S/C48H61N13O10.C43H53N13O8.CH2O2/c1-11-60-33(20-27(5)56-60)42(64)54-45-51-31-22-29(40(49)62)24-35(68-10)38(31)58(45)16-13-14-17-59-39-32(52-46(59)55-43(65)34-21-28(6)57-61(34)12-2)23-30(41(50)63)25-36(39)69-18-15-19-70-44(66)37(26(3)4)53-47(67)71-48(7,8)9;1-8-55-30(17-24(5)51-55)39(59)49-42-47-28-19-26(37(45)57)21-32(62-7)35(28)53(42)13-10-11-14-54-36-29(48-43(54)50-40(60)31-18-25(6)52-56(31)9-2)20-27(38(46)58)22-33(36)63-15-12-16-64-41(61)34(44)23(3)4;2-1-3/h13-14,20-26,37H,11-12,15-19H2,1-10H3,(H2,49,62)(H2,50,63)(H,53,67)(H,51,54,64)(H,52,55,65);10-11,17-23,34H,8-9,12-16,44H2,1-7H3,(H2,45,57)(H2,46,58)(H,47,49,59)(H,48,50,60);1H,(H,2,3)/b14-13+;11-10+;/t37-;34-;/m00./s1. The number of carbonyl (C=O) groups excluding carboxylic acids is 11. The second-order valence-electron chi connectivity index (χ2n) is 33.1. The van der Waals surface area contributed by atoms with Gasteiger partial charge in [-0.25, -0.2) is 29.5 Å². The van der Waals surface area contributed by atoms with Gasteiger partial charge in [-0.05, 0) is 161 Å². The molecular weight excluding hydrogens is 1790 g/mol. The molecule has 0 radical (unpaired) electrons. The molecule has 0 fully saturated rings. The third-order valence-electron chi connectivity index (χ3n) is 21.1. The highest BCUT2D eigenvalue weighted by atomic mass is 16.6. The molecule has 0 saturated carbocycles. The predicted octanol–water partition coefficient (Wildman–Crippen LogP) is 8.66. The zero-order valence-corrected chi connectivity index (χ0v) is 79.8. The van der Waals surface area contributed by atoms with E-state index >= 15 is 0 Å². The molecule has 0 aliphatic rings. The first-order valence-electron chi connectivity index (χ1n) is 44.2. The molecule has 0 unspecified atom stereocenters. The number of alkyl carbamates (subject to hydrolysis) is 1. The van der Waals surface area contributed by atoms with E-state index in [4.69, 9.17) is 81.7 Å². The Hall–Kier alpha value is -16.3. The van der Waals surface area contributed by atoms with Crippen LogP contribution in [0, 0.1) is 39.5 Å². The van der Waals surface area contributed by atoms with Crippen molar-refractivity contribution >= 4 is 140 Å². The lowest BCUT2D eigenvalue weighted by molar-refractivity contribution is -0.148. The minimum absolute atomic E-state index is 0.00573. The van der Waals surface area contributed by atoms with Crippen LogP contribution in [0.4, 0.5) is 28.6 Å². The maximum Gasteiger partial charge on any atom is 0.408 e. The molecule has 46 nitrogen and oxygen atoms in total. The van der Waals surface area contributed by atoms with Gasteiger partial charge in [0.15, 0.2) is 0 Å². The van der Waals surface area contributed by atoms with Gasteiger partial charge in [0.25, 0.3) is 30.1 Å². The number of anilines is 4. The smallest absolute Gasteiger partial charge is 0.408 e. The fraction of sp³-hybridized carbons (Fsp3) is 0.391. The van der Waals surface area contributed by atoms with Gasteiger partial charge in [0.1, 0.15) is 85.5 Å². The molecule has 0 spiro atoms. The van der Waals surface area contributed by atoms with Crippen molar-refractivity contribution in [2.45, 2.75) is 187 Å². The van der Waals surface area contributed by atoms with Crippen LogP contribution in [0.3, 0.4) is 0 Å². The largest absolute Gasteiger partial charge is 0.494 e. The SMILES string of the molecule is CCn1nc(C)cc1C(=O)Nc1nc2cc(C(N)=O)cc(OC)c2n1C/C=C/Cn1c(NC(=O)c2cc(C)nn2CC)nc2cc(C(N)=O)cc(OCCCOC(=O)[C@@H](N)C(C)C)c21.CCn1nc(C)cc1C(=O)Nc1nc2cc(C(N)=O)cc(OC)c2n1C/C=C/Cn1c(NC(=O)c2cc(C)nn2CC)nc2cc(C(N)=O)cc(OCCCOC(=O)[C@@H](NC(=O)OC(C)(C)C)C(C)C)c21.O=CO. The summed E-state index contributed by atoms with van der Waals surface area (Å²) in [5, 5.41) is 38.7. The van der Waals surface area contributed by atoms with Gasteiger partial charge >= 0.3 is 18.0 Å². The first kappa shape index (κ1) is 104. The number of primary amides is 4. The maximum atomic E-state index is 13.9. The fourth-order valence-electron chi connectivity index (χ4n) is 14.6. The van der Waals surface area contributed by atoms with Crippen LogP contribution in [0.1, 0.15) is 195 Å². The highest BCUT2D eigenvalue weighted by Gasteiger charge is 2.32. The number of nitrogens with zero attached hydrogens (tertiary/aromatic N) is 16. The van der Waals surface area contributed by atoms with E-state index in [1.54, 1.807) is 148 Å². The Morgan fingerprint density at radius 1 is 0.413 bits per heavy atom. The Morgan fingerprint density at radius 3 is 0.928 bits per heavy atom. The Kier molecular flexibility index (Phi) is 34.6.